The second-order valence-corrected chi connectivity index (χ2v) is 7.38. The molecule has 0 spiro atoms. The fourth-order valence-corrected chi connectivity index (χ4v) is 4.04. The molecule has 2 unspecified atom stereocenters. The number of hydrogen-bond donors (Lipinski definition) is 2. The van der Waals surface area contributed by atoms with Crippen LogP contribution < -0.4 is 5.32 Å². The van der Waals surface area contributed by atoms with Gasteiger partial charge >= 0.3 is 0 Å². The Hall–Kier alpha value is -0.940. The first-order valence-electron chi connectivity index (χ1n) is 7.79. The summed E-state index contributed by atoms with van der Waals surface area (Å²) in [6.07, 6.45) is 4.30. The van der Waals surface area contributed by atoms with Crippen LogP contribution in [0.3, 0.4) is 0 Å². The zero-order valence-electron chi connectivity index (χ0n) is 12.7. The molecule has 1 aromatic heterocycles. The molecule has 22 heavy (non-hydrogen) atoms. The van der Waals surface area contributed by atoms with Crippen LogP contribution in [0, 0.1) is 0 Å². The zero-order chi connectivity index (χ0) is 15.5. The van der Waals surface area contributed by atoms with E-state index in [9.17, 15) is 5.11 Å². The molecular weight excluding hydrogens is 316 g/mol. The van der Waals surface area contributed by atoms with Gasteiger partial charge in [0.1, 0.15) is 5.01 Å². The summed E-state index contributed by atoms with van der Waals surface area (Å²) in [5.74, 6) is 0. The number of nitrogens with one attached hydrogen (secondary N) is 1. The molecule has 0 saturated carbocycles. The zero-order valence-corrected chi connectivity index (χ0v) is 14.3. The lowest BCUT2D eigenvalue weighted by molar-refractivity contribution is 0.171. The fraction of sp³-hybridized carbons (Fsp3) is 0.471. The van der Waals surface area contributed by atoms with Gasteiger partial charge < -0.3 is 10.4 Å². The minimum absolute atomic E-state index is 0.164. The second kappa shape index (κ2) is 7.09. The molecule has 1 aromatic carbocycles. The number of hydrogen-bond acceptors (Lipinski definition) is 4. The van der Waals surface area contributed by atoms with E-state index in [2.05, 4.69) is 12.2 Å². The molecule has 118 valence electrons. The van der Waals surface area contributed by atoms with Crippen molar-refractivity contribution in [3.05, 3.63) is 50.4 Å². The Morgan fingerprint density at radius 1 is 1.27 bits per heavy atom. The molecule has 1 aliphatic carbocycles. The van der Waals surface area contributed by atoms with Gasteiger partial charge in [0.15, 0.2) is 0 Å². The number of aliphatic hydroxyl groups is 1. The SMILES string of the molecule is CC(NCC(O)c1ccc(Cl)cc1)c1nc2c(s1)CCCC2. The van der Waals surface area contributed by atoms with Crippen LogP contribution in [0.15, 0.2) is 24.3 Å². The monoisotopic (exact) mass is 336 g/mol. The van der Waals surface area contributed by atoms with E-state index >= 15 is 0 Å². The number of nitrogens with zero attached hydrogens (tertiary/aromatic N) is 1. The highest BCUT2D eigenvalue weighted by atomic mass is 35.5. The van der Waals surface area contributed by atoms with Crippen LogP contribution in [0.25, 0.3) is 0 Å². The van der Waals surface area contributed by atoms with E-state index in [1.165, 1.54) is 29.8 Å². The molecule has 0 radical (unpaired) electrons. The largest absolute Gasteiger partial charge is 0.387 e. The van der Waals surface area contributed by atoms with Gasteiger partial charge in [-0.3, -0.25) is 0 Å². The first-order valence-corrected chi connectivity index (χ1v) is 8.98. The Kier molecular flexibility index (Phi) is 5.14. The molecule has 0 fully saturated rings. The standard InChI is InChI=1S/C17H21ClN2OS/c1-11(17-20-14-4-2-3-5-16(14)22-17)19-10-15(21)12-6-8-13(18)9-7-12/h6-9,11,15,19,21H,2-5,10H2,1H3. The summed E-state index contributed by atoms with van der Waals surface area (Å²) in [6.45, 7) is 2.62. The van der Waals surface area contributed by atoms with Crippen LogP contribution in [0.4, 0.5) is 0 Å². The van der Waals surface area contributed by atoms with Crippen molar-refractivity contribution in [2.45, 2.75) is 44.8 Å². The summed E-state index contributed by atoms with van der Waals surface area (Å²) >= 11 is 7.69. The lowest BCUT2D eigenvalue weighted by Gasteiger charge is -2.16. The Balaban J connectivity index is 1.58. The third-order valence-electron chi connectivity index (χ3n) is 4.10. The number of thiazole rings is 1. The minimum Gasteiger partial charge on any atom is -0.387 e. The van der Waals surface area contributed by atoms with Crippen molar-refractivity contribution in [2.24, 2.45) is 0 Å². The minimum atomic E-state index is -0.533. The highest BCUT2D eigenvalue weighted by Gasteiger charge is 2.19. The van der Waals surface area contributed by atoms with Gasteiger partial charge in [-0.2, -0.15) is 0 Å². The Morgan fingerprint density at radius 2 is 2.00 bits per heavy atom. The maximum atomic E-state index is 10.2. The van der Waals surface area contributed by atoms with E-state index in [0.717, 1.165) is 17.0 Å². The number of aryl methyl sites for hydroxylation is 2. The molecular formula is C17H21ClN2OS. The first-order chi connectivity index (χ1) is 10.6. The normalized spacial score (nSPS) is 17.0. The molecule has 2 atom stereocenters. The fourth-order valence-electron chi connectivity index (χ4n) is 2.74. The van der Waals surface area contributed by atoms with E-state index in [4.69, 9.17) is 16.6 Å². The van der Waals surface area contributed by atoms with Gasteiger partial charge in [0.25, 0.3) is 0 Å². The van der Waals surface area contributed by atoms with Gasteiger partial charge in [0, 0.05) is 16.4 Å². The van der Waals surface area contributed by atoms with Gasteiger partial charge in [-0.15, -0.1) is 11.3 Å². The van der Waals surface area contributed by atoms with Crippen LogP contribution in [-0.4, -0.2) is 16.6 Å². The molecule has 3 nitrogen and oxygen atoms in total. The number of benzene rings is 1. The van der Waals surface area contributed by atoms with Gasteiger partial charge in [-0.1, -0.05) is 23.7 Å². The number of aliphatic hydroxyl groups excluding tert-OH is 1. The molecule has 0 bridgehead atoms. The maximum Gasteiger partial charge on any atom is 0.110 e. The van der Waals surface area contributed by atoms with E-state index in [1.54, 1.807) is 12.1 Å². The van der Waals surface area contributed by atoms with Crippen LogP contribution in [0.1, 0.15) is 53.1 Å². The van der Waals surface area contributed by atoms with Crippen molar-refractivity contribution in [2.75, 3.05) is 6.54 Å². The van der Waals surface area contributed by atoms with Crippen molar-refractivity contribution < 1.29 is 5.11 Å². The summed E-state index contributed by atoms with van der Waals surface area (Å²) in [5.41, 5.74) is 2.17. The average Bonchev–Trinajstić information content (AvgIpc) is 2.97. The summed E-state index contributed by atoms with van der Waals surface area (Å²) in [4.78, 5) is 6.22. The van der Waals surface area contributed by atoms with E-state index in [0.29, 0.717) is 11.6 Å². The third-order valence-corrected chi connectivity index (χ3v) is 5.70. The van der Waals surface area contributed by atoms with E-state index < -0.39 is 6.10 Å². The van der Waals surface area contributed by atoms with Crippen molar-refractivity contribution in [3.63, 3.8) is 0 Å². The molecule has 0 aliphatic heterocycles. The van der Waals surface area contributed by atoms with Crippen LogP contribution in [-0.2, 0) is 12.8 Å². The van der Waals surface area contributed by atoms with Crippen LogP contribution in [0.5, 0.6) is 0 Å². The van der Waals surface area contributed by atoms with Gasteiger partial charge in [-0.25, -0.2) is 4.98 Å². The highest BCUT2D eigenvalue weighted by molar-refractivity contribution is 7.11. The summed E-state index contributed by atoms with van der Waals surface area (Å²) in [5, 5.41) is 15.5. The quantitative estimate of drug-likeness (QED) is 0.865. The predicted octanol–water partition coefficient (Wildman–Crippen LogP) is 4.06. The maximum absolute atomic E-state index is 10.2. The van der Waals surface area contributed by atoms with Gasteiger partial charge in [-0.05, 0) is 50.3 Å². The number of fused-ring (bicyclic) bond motifs is 1. The van der Waals surface area contributed by atoms with Gasteiger partial charge in [0.05, 0.1) is 17.8 Å². The molecule has 1 aliphatic rings. The van der Waals surface area contributed by atoms with Crippen LogP contribution in [0.2, 0.25) is 5.02 Å². The van der Waals surface area contributed by atoms with Crippen molar-refractivity contribution >= 4 is 22.9 Å². The Labute approximate surface area is 140 Å². The Bertz CT molecular complexity index is 603. The van der Waals surface area contributed by atoms with Gasteiger partial charge in [0.2, 0.25) is 0 Å². The highest BCUT2D eigenvalue weighted by Crippen LogP contribution is 2.29. The predicted molar refractivity (Wildman–Crippen MR) is 91.6 cm³/mol. The van der Waals surface area contributed by atoms with Crippen molar-refractivity contribution in [3.8, 4) is 0 Å². The topological polar surface area (TPSA) is 45.1 Å². The van der Waals surface area contributed by atoms with Crippen molar-refractivity contribution in [1.29, 1.82) is 0 Å². The molecule has 5 heteroatoms. The third kappa shape index (κ3) is 3.69. The molecule has 0 saturated heterocycles. The average molecular weight is 337 g/mol. The first kappa shape index (κ1) is 15.9. The summed E-state index contributed by atoms with van der Waals surface area (Å²) in [6, 6.07) is 7.50. The summed E-state index contributed by atoms with van der Waals surface area (Å²) in [7, 11) is 0. The lowest BCUT2D eigenvalue weighted by Crippen LogP contribution is -2.24. The Morgan fingerprint density at radius 3 is 2.73 bits per heavy atom. The molecule has 3 rings (SSSR count). The lowest BCUT2D eigenvalue weighted by atomic mass is 10.0. The second-order valence-electron chi connectivity index (χ2n) is 5.83. The number of rotatable bonds is 5. The number of halogens is 1. The van der Waals surface area contributed by atoms with E-state index in [-0.39, 0.29) is 6.04 Å². The van der Waals surface area contributed by atoms with Crippen LogP contribution >= 0.6 is 22.9 Å². The molecule has 2 N–H and O–H groups in total. The molecule has 1 heterocycles. The van der Waals surface area contributed by atoms with Crippen molar-refractivity contribution in [1.82, 2.24) is 10.3 Å². The molecule has 0 amide bonds. The number of aromatic nitrogens is 1. The van der Waals surface area contributed by atoms with E-state index in [1.807, 2.05) is 23.5 Å². The smallest absolute Gasteiger partial charge is 0.110 e. The summed E-state index contributed by atoms with van der Waals surface area (Å²) < 4.78 is 0. The molecule has 2 aromatic rings.